The Morgan fingerprint density at radius 2 is 1.35 bits per heavy atom. The Bertz CT molecular complexity index is 631. The highest BCUT2D eigenvalue weighted by Crippen LogP contribution is 2.43. The molecular weight excluding hydrogens is 469 g/mol. The lowest BCUT2D eigenvalue weighted by molar-refractivity contribution is -0.147. The fourth-order valence-corrected chi connectivity index (χ4v) is 3.67. The lowest BCUT2D eigenvalue weighted by atomic mass is 10.1. The number of hydrogen-bond donors (Lipinski definition) is 4. The molecule has 3 unspecified atom stereocenters. The summed E-state index contributed by atoms with van der Waals surface area (Å²) in [6.07, 6.45) is 8.45. The van der Waals surface area contributed by atoms with Crippen molar-refractivity contribution >= 4 is 25.7 Å². The summed E-state index contributed by atoms with van der Waals surface area (Å²) in [6.45, 7) is 2.27. The topological polar surface area (TPSA) is 169 Å². The van der Waals surface area contributed by atoms with Crippen molar-refractivity contribution < 1.29 is 47.8 Å². The maximum atomic E-state index is 12.0. The predicted octanol–water partition coefficient (Wildman–Crippen LogP) is 3.31. The normalized spacial score (nSPS) is 14.7. The number of carbonyl (C=O) groups is 3. The molecule has 4 N–H and O–H groups in total. The second kappa shape index (κ2) is 19.8. The van der Waals surface area contributed by atoms with Crippen LogP contribution >= 0.6 is 7.82 Å². The smallest absolute Gasteiger partial charge is 0.472 e. The van der Waals surface area contributed by atoms with E-state index < -0.39 is 57.6 Å². The molecule has 3 atom stereocenters. The maximum Gasteiger partial charge on any atom is 0.472 e. The van der Waals surface area contributed by atoms with Gasteiger partial charge in [-0.3, -0.25) is 18.6 Å². The van der Waals surface area contributed by atoms with Gasteiger partial charge in [0.05, 0.1) is 13.2 Å². The molecule has 34 heavy (non-hydrogen) atoms. The number of aliphatic hydroxyl groups excluding tert-OH is 1. The number of hydrogen-bond acceptors (Lipinski definition) is 8. The van der Waals surface area contributed by atoms with Gasteiger partial charge in [-0.15, -0.1) is 0 Å². The van der Waals surface area contributed by atoms with E-state index in [-0.39, 0.29) is 12.8 Å². The molecule has 0 aromatic rings. The van der Waals surface area contributed by atoms with Crippen LogP contribution in [-0.4, -0.2) is 64.9 Å². The van der Waals surface area contributed by atoms with Gasteiger partial charge in [0.2, 0.25) is 5.91 Å². The lowest BCUT2D eigenvalue weighted by Crippen LogP contribution is -2.43. The fraction of sp³-hybridized carbons (Fsp3) is 0.864. The van der Waals surface area contributed by atoms with Gasteiger partial charge in [0.15, 0.2) is 6.04 Å². The van der Waals surface area contributed by atoms with Crippen molar-refractivity contribution in [3.63, 3.8) is 0 Å². The SMILES string of the molecule is CCCCCCCCC(=O)NC(COP(=O)(O)OCC(O)COC(=O)CCCCCC)C(=O)O. The number of amides is 1. The van der Waals surface area contributed by atoms with Gasteiger partial charge < -0.3 is 25.2 Å². The Hall–Kier alpha value is -1.52. The van der Waals surface area contributed by atoms with Gasteiger partial charge in [0.1, 0.15) is 12.7 Å². The molecule has 0 bridgehead atoms. The van der Waals surface area contributed by atoms with E-state index in [0.29, 0.717) is 12.8 Å². The predicted molar refractivity (Wildman–Crippen MR) is 125 cm³/mol. The molecule has 0 saturated carbocycles. The molecular formula is C22H42NO10P. The monoisotopic (exact) mass is 511 g/mol. The number of unbranched alkanes of at least 4 members (excludes halogenated alkanes) is 8. The molecule has 12 heteroatoms. The molecule has 0 heterocycles. The second-order valence-electron chi connectivity index (χ2n) is 8.18. The van der Waals surface area contributed by atoms with E-state index in [1.54, 1.807) is 0 Å². The quantitative estimate of drug-likeness (QED) is 0.0961. The molecule has 0 fully saturated rings. The number of ether oxygens (including phenoxy) is 1. The minimum atomic E-state index is -4.71. The van der Waals surface area contributed by atoms with Crippen molar-refractivity contribution in [2.24, 2.45) is 0 Å². The molecule has 0 aliphatic carbocycles. The standard InChI is InChI=1S/C22H42NO10P/c1-3-5-7-9-10-11-13-20(25)23-19(22(27)28)17-33-34(29,30)32-16-18(24)15-31-21(26)14-12-8-6-4-2/h18-19,24H,3-17H2,1-2H3,(H,23,25)(H,27,28)(H,29,30). The minimum absolute atomic E-state index is 0.146. The lowest BCUT2D eigenvalue weighted by Gasteiger charge is -2.18. The molecule has 0 aromatic carbocycles. The highest BCUT2D eigenvalue weighted by Gasteiger charge is 2.28. The summed E-state index contributed by atoms with van der Waals surface area (Å²) >= 11 is 0. The summed E-state index contributed by atoms with van der Waals surface area (Å²) in [4.78, 5) is 44.6. The number of aliphatic hydroxyl groups is 1. The Morgan fingerprint density at radius 3 is 1.97 bits per heavy atom. The van der Waals surface area contributed by atoms with Crippen LogP contribution in [0.4, 0.5) is 0 Å². The van der Waals surface area contributed by atoms with Gasteiger partial charge in [0.25, 0.3) is 0 Å². The van der Waals surface area contributed by atoms with Crippen LogP contribution in [-0.2, 0) is 32.7 Å². The Morgan fingerprint density at radius 1 is 0.824 bits per heavy atom. The van der Waals surface area contributed by atoms with Crippen molar-refractivity contribution in [1.82, 2.24) is 5.32 Å². The molecule has 0 rings (SSSR count). The summed E-state index contributed by atoms with van der Waals surface area (Å²) in [7, 11) is -4.71. The number of carboxylic acid groups (broad SMARTS) is 1. The van der Waals surface area contributed by atoms with Crippen LogP contribution in [0, 0.1) is 0 Å². The zero-order valence-electron chi connectivity index (χ0n) is 20.4. The number of esters is 1. The largest absolute Gasteiger partial charge is 0.480 e. The van der Waals surface area contributed by atoms with Crippen LogP contribution in [0.1, 0.15) is 90.9 Å². The number of carboxylic acids is 1. The Labute approximate surface area is 202 Å². The van der Waals surface area contributed by atoms with Crippen LogP contribution < -0.4 is 5.32 Å². The van der Waals surface area contributed by atoms with E-state index >= 15 is 0 Å². The third-order valence-electron chi connectivity index (χ3n) is 4.90. The van der Waals surface area contributed by atoms with E-state index in [4.69, 9.17) is 4.74 Å². The minimum Gasteiger partial charge on any atom is -0.480 e. The molecule has 0 spiro atoms. The van der Waals surface area contributed by atoms with E-state index in [1.807, 2.05) is 6.92 Å². The van der Waals surface area contributed by atoms with Gasteiger partial charge in [-0.1, -0.05) is 65.2 Å². The summed E-state index contributed by atoms with van der Waals surface area (Å²) in [5.74, 6) is -2.41. The van der Waals surface area contributed by atoms with Crippen molar-refractivity contribution in [3.8, 4) is 0 Å². The fourth-order valence-electron chi connectivity index (χ4n) is 2.90. The molecule has 0 aromatic heterocycles. The average Bonchev–Trinajstić information content (AvgIpc) is 2.79. The number of rotatable bonds is 22. The highest BCUT2D eigenvalue weighted by molar-refractivity contribution is 7.47. The molecule has 200 valence electrons. The zero-order chi connectivity index (χ0) is 25.8. The number of carbonyl (C=O) groups excluding carboxylic acids is 2. The summed E-state index contributed by atoms with van der Waals surface area (Å²) < 4.78 is 26.1. The summed E-state index contributed by atoms with van der Waals surface area (Å²) in [6, 6.07) is -1.53. The van der Waals surface area contributed by atoms with Gasteiger partial charge in [-0.05, 0) is 12.8 Å². The molecule has 1 amide bonds. The number of nitrogens with one attached hydrogen (secondary N) is 1. The molecule has 0 aliphatic rings. The van der Waals surface area contributed by atoms with Crippen molar-refractivity contribution in [3.05, 3.63) is 0 Å². The zero-order valence-corrected chi connectivity index (χ0v) is 21.3. The Balaban J connectivity index is 4.22. The van der Waals surface area contributed by atoms with Crippen LogP contribution in [0.3, 0.4) is 0 Å². The molecule has 0 saturated heterocycles. The number of phosphoric acid groups is 1. The van der Waals surface area contributed by atoms with Crippen LogP contribution in [0.15, 0.2) is 0 Å². The van der Waals surface area contributed by atoms with Crippen molar-refractivity contribution in [2.45, 2.75) is 103 Å². The summed E-state index contributed by atoms with van der Waals surface area (Å²) in [5.41, 5.74) is 0. The number of aliphatic carboxylic acids is 1. The van der Waals surface area contributed by atoms with Gasteiger partial charge in [-0.2, -0.15) is 0 Å². The first kappa shape index (κ1) is 32.5. The molecule has 0 aliphatic heterocycles. The number of phosphoric ester groups is 1. The second-order valence-corrected chi connectivity index (χ2v) is 9.64. The third-order valence-corrected chi connectivity index (χ3v) is 5.85. The van der Waals surface area contributed by atoms with E-state index in [1.165, 1.54) is 0 Å². The maximum absolute atomic E-state index is 12.0. The van der Waals surface area contributed by atoms with Gasteiger partial charge in [-0.25, -0.2) is 9.36 Å². The Kier molecular flexibility index (Phi) is 18.9. The first-order valence-electron chi connectivity index (χ1n) is 12.1. The first-order chi connectivity index (χ1) is 16.1. The van der Waals surface area contributed by atoms with Crippen LogP contribution in [0.5, 0.6) is 0 Å². The van der Waals surface area contributed by atoms with Gasteiger partial charge in [0, 0.05) is 12.8 Å². The highest BCUT2D eigenvalue weighted by atomic mass is 31.2. The third kappa shape index (κ3) is 18.9. The van der Waals surface area contributed by atoms with E-state index in [2.05, 4.69) is 21.3 Å². The van der Waals surface area contributed by atoms with E-state index in [9.17, 15) is 34.1 Å². The van der Waals surface area contributed by atoms with Crippen molar-refractivity contribution in [1.29, 1.82) is 0 Å². The summed E-state index contributed by atoms with van der Waals surface area (Å²) in [5, 5.41) is 21.2. The van der Waals surface area contributed by atoms with E-state index in [0.717, 1.165) is 51.4 Å². The first-order valence-corrected chi connectivity index (χ1v) is 13.6. The molecule has 11 nitrogen and oxygen atoms in total. The molecule has 0 radical (unpaired) electrons. The van der Waals surface area contributed by atoms with Gasteiger partial charge >= 0.3 is 19.8 Å². The van der Waals surface area contributed by atoms with Crippen molar-refractivity contribution in [2.75, 3.05) is 19.8 Å². The van der Waals surface area contributed by atoms with Crippen LogP contribution in [0.2, 0.25) is 0 Å². The average molecular weight is 512 g/mol. The van der Waals surface area contributed by atoms with Crippen LogP contribution in [0.25, 0.3) is 0 Å².